The van der Waals surface area contributed by atoms with Crippen molar-refractivity contribution in [2.45, 2.75) is 0 Å². The Balaban J connectivity index is 1.52. The maximum atomic E-state index is 13.4. The molecule has 0 spiro atoms. The number of carbonyl (C=O) groups excluding carboxylic acids is 2. The van der Waals surface area contributed by atoms with Gasteiger partial charge in [0.05, 0.1) is 35.3 Å². The van der Waals surface area contributed by atoms with Crippen molar-refractivity contribution >= 4 is 34.8 Å². The van der Waals surface area contributed by atoms with E-state index in [4.69, 9.17) is 16.3 Å². The minimum atomic E-state index is -0.520. The molecule has 2 amide bonds. The molecule has 0 aliphatic rings. The van der Waals surface area contributed by atoms with E-state index < -0.39 is 17.6 Å². The van der Waals surface area contributed by atoms with Crippen LogP contribution in [-0.4, -0.2) is 28.7 Å². The number of benzene rings is 3. The van der Waals surface area contributed by atoms with Gasteiger partial charge in [-0.3, -0.25) is 9.59 Å². The number of nitrogens with one attached hydrogen (secondary N) is 2. The minimum Gasteiger partial charge on any atom is -0.495 e. The summed E-state index contributed by atoms with van der Waals surface area (Å²) in [5.74, 6) is -1.06. The third-order valence-corrected chi connectivity index (χ3v) is 5.06. The maximum absolute atomic E-state index is 13.4. The lowest BCUT2D eigenvalue weighted by Crippen LogP contribution is -2.14. The Hall–Kier alpha value is -4.17. The van der Waals surface area contributed by atoms with Gasteiger partial charge in [0.1, 0.15) is 11.6 Å². The number of hydrogen-bond acceptors (Lipinski definition) is 4. The van der Waals surface area contributed by atoms with Gasteiger partial charge in [0.25, 0.3) is 11.8 Å². The zero-order chi connectivity index (χ0) is 23.4. The second-order valence-corrected chi connectivity index (χ2v) is 7.37. The molecule has 0 saturated carbocycles. The predicted octanol–water partition coefficient (Wildman–Crippen LogP) is 5.18. The molecule has 0 bridgehead atoms. The highest BCUT2D eigenvalue weighted by Gasteiger charge is 2.15. The van der Waals surface area contributed by atoms with Crippen LogP contribution in [0.1, 0.15) is 20.7 Å². The van der Waals surface area contributed by atoms with Crippen molar-refractivity contribution in [1.82, 2.24) is 9.78 Å². The molecule has 166 valence electrons. The quantitative estimate of drug-likeness (QED) is 0.412. The van der Waals surface area contributed by atoms with E-state index in [1.807, 2.05) is 6.07 Å². The summed E-state index contributed by atoms with van der Waals surface area (Å²) in [5.41, 5.74) is 1.84. The summed E-state index contributed by atoms with van der Waals surface area (Å²) in [5, 5.41) is 10.1. The van der Waals surface area contributed by atoms with Gasteiger partial charge in [0, 0.05) is 17.4 Å². The lowest BCUT2D eigenvalue weighted by Gasteiger charge is -2.13. The van der Waals surface area contributed by atoms with Crippen LogP contribution in [0.5, 0.6) is 5.75 Å². The summed E-state index contributed by atoms with van der Waals surface area (Å²) < 4.78 is 20.2. The average Bonchev–Trinajstić information content (AvgIpc) is 3.30. The minimum absolute atomic E-state index is 0.151. The number of halogens is 2. The van der Waals surface area contributed by atoms with Crippen molar-refractivity contribution in [3.63, 3.8) is 0 Å². The lowest BCUT2D eigenvalue weighted by molar-refractivity contribution is 0.101. The summed E-state index contributed by atoms with van der Waals surface area (Å²) in [6.45, 7) is 0. The second-order valence-electron chi connectivity index (χ2n) is 6.96. The number of methoxy groups -OCH3 is 1. The number of anilines is 2. The van der Waals surface area contributed by atoms with E-state index in [1.165, 1.54) is 36.2 Å². The number of para-hydroxylation sites is 1. The number of carbonyl (C=O) groups is 2. The van der Waals surface area contributed by atoms with Crippen LogP contribution in [0.15, 0.2) is 79.1 Å². The average molecular weight is 465 g/mol. The number of aromatic nitrogens is 2. The van der Waals surface area contributed by atoms with E-state index in [-0.39, 0.29) is 5.56 Å². The molecule has 2 N–H and O–H groups in total. The zero-order valence-corrected chi connectivity index (χ0v) is 18.1. The second kappa shape index (κ2) is 9.54. The van der Waals surface area contributed by atoms with Crippen LogP contribution in [0.4, 0.5) is 15.8 Å². The fraction of sp³-hybridized carbons (Fsp3) is 0.0417. The van der Waals surface area contributed by atoms with E-state index in [0.29, 0.717) is 33.4 Å². The molecule has 0 fully saturated rings. The van der Waals surface area contributed by atoms with Crippen LogP contribution in [-0.2, 0) is 0 Å². The molecule has 0 unspecified atom stereocenters. The van der Waals surface area contributed by atoms with Crippen molar-refractivity contribution in [2.75, 3.05) is 17.7 Å². The molecule has 1 heterocycles. The molecule has 0 aliphatic carbocycles. The van der Waals surface area contributed by atoms with E-state index in [1.54, 1.807) is 42.6 Å². The molecule has 33 heavy (non-hydrogen) atoms. The first-order valence-corrected chi connectivity index (χ1v) is 10.2. The highest BCUT2D eigenvalue weighted by atomic mass is 35.5. The Morgan fingerprint density at radius 1 is 0.970 bits per heavy atom. The van der Waals surface area contributed by atoms with Gasteiger partial charge in [-0.05, 0) is 48.5 Å². The van der Waals surface area contributed by atoms with Gasteiger partial charge in [0.15, 0.2) is 0 Å². The normalized spacial score (nSPS) is 10.5. The van der Waals surface area contributed by atoms with Crippen molar-refractivity contribution in [3.05, 3.63) is 101 Å². The first-order chi connectivity index (χ1) is 15.9. The van der Waals surface area contributed by atoms with Gasteiger partial charge >= 0.3 is 0 Å². The number of hydrogen-bond donors (Lipinski definition) is 2. The Morgan fingerprint density at radius 2 is 1.76 bits per heavy atom. The van der Waals surface area contributed by atoms with Crippen LogP contribution in [0.3, 0.4) is 0 Å². The van der Waals surface area contributed by atoms with Crippen molar-refractivity contribution in [3.8, 4) is 11.4 Å². The van der Waals surface area contributed by atoms with Crippen LogP contribution in [0, 0.1) is 5.82 Å². The highest BCUT2D eigenvalue weighted by molar-refractivity contribution is 6.32. The first kappa shape index (κ1) is 22.0. The van der Waals surface area contributed by atoms with Crippen LogP contribution >= 0.6 is 11.6 Å². The molecule has 0 atom stereocenters. The molecule has 0 saturated heterocycles. The Labute approximate surface area is 193 Å². The van der Waals surface area contributed by atoms with Crippen LogP contribution in [0.25, 0.3) is 5.69 Å². The molecular formula is C24H18ClFN4O3. The molecule has 4 rings (SSSR count). The smallest absolute Gasteiger partial charge is 0.258 e. The highest BCUT2D eigenvalue weighted by Crippen LogP contribution is 2.29. The van der Waals surface area contributed by atoms with Crippen molar-refractivity contribution in [2.24, 2.45) is 0 Å². The van der Waals surface area contributed by atoms with Crippen molar-refractivity contribution < 1.29 is 18.7 Å². The molecule has 0 radical (unpaired) electrons. The molecule has 4 aromatic rings. The van der Waals surface area contributed by atoms with E-state index in [9.17, 15) is 14.0 Å². The number of rotatable bonds is 6. The molecule has 7 nitrogen and oxygen atoms in total. The van der Waals surface area contributed by atoms with E-state index >= 15 is 0 Å². The lowest BCUT2D eigenvalue weighted by atomic mass is 10.2. The fourth-order valence-corrected chi connectivity index (χ4v) is 3.34. The van der Waals surface area contributed by atoms with Gasteiger partial charge in [-0.25, -0.2) is 9.07 Å². The Kier molecular flexibility index (Phi) is 6.37. The van der Waals surface area contributed by atoms with Crippen LogP contribution in [0.2, 0.25) is 5.02 Å². The summed E-state index contributed by atoms with van der Waals surface area (Å²) in [4.78, 5) is 25.2. The standard InChI is InChI=1S/C24H18ClFN4O3/c1-33-22-10-9-18(12-20(22)29-23(31)15-5-4-6-17(26)11-15)28-24(32)16-13-27-30(14-16)21-8-3-2-7-19(21)25/h2-14H,1H3,(H,28,32)(H,29,31). The summed E-state index contributed by atoms with van der Waals surface area (Å²) >= 11 is 6.19. The predicted molar refractivity (Wildman–Crippen MR) is 124 cm³/mol. The summed E-state index contributed by atoms with van der Waals surface area (Å²) in [7, 11) is 1.45. The number of ether oxygens (including phenoxy) is 1. The SMILES string of the molecule is COc1ccc(NC(=O)c2cnn(-c3ccccc3Cl)c2)cc1NC(=O)c1cccc(F)c1. The number of amides is 2. The third kappa shape index (κ3) is 5.02. The monoisotopic (exact) mass is 464 g/mol. The van der Waals surface area contributed by atoms with Gasteiger partial charge in [0.2, 0.25) is 0 Å². The zero-order valence-electron chi connectivity index (χ0n) is 17.4. The fourth-order valence-electron chi connectivity index (χ4n) is 3.12. The Morgan fingerprint density at radius 3 is 2.52 bits per heavy atom. The van der Waals surface area contributed by atoms with Gasteiger partial charge in [-0.2, -0.15) is 5.10 Å². The van der Waals surface area contributed by atoms with Gasteiger partial charge in [-0.1, -0.05) is 29.8 Å². The molecule has 1 aromatic heterocycles. The van der Waals surface area contributed by atoms with E-state index in [0.717, 1.165) is 6.07 Å². The summed E-state index contributed by atoms with van der Waals surface area (Å²) in [6, 6.07) is 17.2. The molecule has 3 aromatic carbocycles. The van der Waals surface area contributed by atoms with Gasteiger partial charge < -0.3 is 15.4 Å². The Bertz CT molecular complexity index is 1340. The maximum Gasteiger partial charge on any atom is 0.258 e. The topological polar surface area (TPSA) is 85.2 Å². The largest absolute Gasteiger partial charge is 0.495 e. The first-order valence-electron chi connectivity index (χ1n) is 9.80. The van der Waals surface area contributed by atoms with Crippen molar-refractivity contribution in [1.29, 1.82) is 0 Å². The molecule has 9 heteroatoms. The molecular weight excluding hydrogens is 447 g/mol. The summed E-state index contributed by atoms with van der Waals surface area (Å²) in [6.07, 6.45) is 2.99. The van der Waals surface area contributed by atoms with Crippen LogP contribution < -0.4 is 15.4 Å². The van der Waals surface area contributed by atoms with E-state index in [2.05, 4.69) is 15.7 Å². The van der Waals surface area contributed by atoms with Gasteiger partial charge in [-0.15, -0.1) is 0 Å². The number of nitrogens with zero attached hydrogens (tertiary/aromatic N) is 2. The third-order valence-electron chi connectivity index (χ3n) is 4.74. The molecule has 0 aliphatic heterocycles.